The van der Waals surface area contributed by atoms with E-state index in [2.05, 4.69) is 10.1 Å². The summed E-state index contributed by atoms with van der Waals surface area (Å²) >= 11 is 1.59. The van der Waals surface area contributed by atoms with E-state index in [4.69, 9.17) is 0 Å². The molecule has 0 aliphatic heterocycles. The maximum Gasteiger partial charge on any atom is 0.205 e. The van der Waals surface area contributed by atoms with Gasteiger partial charge < -0.3 is 0 Å². The molecule has 0 fully saturated rings. The van der Waals surface area contributed by atoms with Gasteiger partial charge in [-0.05, 0) is 12.5 Å². The fourth-order valence-electron chi connectivity index (χ4n) is 1.34. The van der Waals surface area contributed by atoms with Crippen LogP contribution >= 0.6 is 11.3 Å². The normalized spacial score (nSPS) is 12.5. The van der Waals surface area contributed by atoms with Crippen LogP contribution in [-0.4, -0.2) is 17.9 Å². The molecule has 0 atom stereocenters. The minimum atomic E-state index is 0.907. The Morgan fingerprint density at radius 1 is 1.25 bits per heavy atom. The molecule has 0 saturated carbocycles. The van der Waals surface area contributed by atoms with Crippen molar-refractivity contribution in [1.29, 1.82) is 0 Å². The largest absolute Gasteiger partial charge is 0.261 e. The van der Waals surface area contributed by atoms with E-state index in [0.29, 0.717) is 0 Å². The van der Waals surface area contributed by atoms with Crippen LogP contribution in [0.5, 0.6) is 0 Å². The van der Waals surface area contributed by atoms with Crippen LogP contribution in [0.25, 0.3) is 0 Å². The quantitative estimate of drug-likeness (QED) is 0.710. The summed E-state index contributed by atoms with van der Waals surface area (Å²) in [4.78, 5) is 5.08. The van der Waals surface area contributed by atoms with Crippen LogP contribution < -0.4 is 4.80 Å². The second-order valence-corrected chi connectivity index (χ2v) is 4.19. The van der Waals surface area contributed by atoms with Gasteiger partial charge >= 0.3 is 0 Å². The van der Waals surface area contributed by atoms with Gasteiger partial charge in [-0.15, -0.1) is 11.3 Å². The minimum absolute atomic E-state index is 0.907. The molecule has 0 aliphatic rings. The Morgan fingerprint density at radius 3 is 2.69 bits per heavy atom. The summed E-state index contributed by atoms with van der Waals surface area (Å²) in [5.74, 6) is 0. The first kappa shape index (κ1) is 10.8. The molecule has 0 saturated heterocycles. The average Bonchev–Trinajstić information content (AvgIpc) is 2.69. The zero-order valence-electron chi connectivity index (χ0n) is 9.29. The van der Waals surface area contributed by atoms with E-state index in [1.807, 2.05) is 53.5 Å². The molecule has 0 amide bonds. The van der Waals surface area contributed by atoms with Crippen molar-refractivity contribution < 1.29 is 0 Å². The van der Waals surface area contributed by atoms with Gasteiger partial charge in [0.25, 0.3) is 0 Å². The third kappa shape index (κ3) is 2.28. The highest BCUT2D eigenvalue weighted by atomic mass is 32.1. The first-order chi connectivity index (χ1) is 7.81. The molecule has 0 N–H and O–H groups in total. The van der Waals surface area contributed by atoms with Crippen molar-refractivity contribution >= 4 is 17.6 Å². The topological polar surface area (TPSA) is 29.6 Å². The summed E-state index contributed by atoms with van der Waals surface area (Å²) in [5, 5.41) is 6.46. The third-order valence-electron chi connectivity index (χ3n) is 2.16. The molecule has 3 nitrogen and oxygen atoms in total. The number of hydrogen-bond donors (Lipinski definition) is 0. The predicted octanol–water partition coefficient (Wildman–Crippen LogP) is 2.27. The van der Waals surface area contributed by atoms with Crippen LogP contribution in [0.3, 0.4) is 0 Å². The maximum absolute atomic E-state index is 4.42. The third-order valence-corrected chi connectivity index (χ3v) is 3.19. The van der Waals surface area contributed by atoms with Crippen molar-refractivity contribution in [2.24, 2.45) is 10.1 Å². The SMILES string of the molecule is CN=c1scc(C)n1/N=C/c1ccccc1. The molecule has 0 radical (unpaired) electrons. The van der Waals surface area contributed by atoms with E-state index in [9.17, 15) is 0 Å². The number of benzene rings is 1. The van der Waals surface area contributed by atoms with E-state index in [-0.39, 0.29) is 0 Å². The molecule has 1 heterocycles. The van der Waals surface area contributed by atoms with E-state index in [1.54, 1.807) is 18.4 Å². The Morgan fingerprint density at radius 2 is 2.00 bits per heavy atom. The van der Waals surface area contributed by atoms with Crippen molar-refractivity contribution in [3.05, 3.63) is 51.8 Å². The molecule has 2 rings (SSSR count). The molecule has 0 aliphatic carbocycles. The summed E-state index contributed by atoms with van der Waals surface area (Å²) in [6, 6.07) is 10.0. The molecule has 1 aromatic carbocycles. The van der Waals surface area contributed by atoms with Gasteiger partial charge in [0.2, 0.25) is 4.80 Å². The second-order valence-electron chi connectivity index (χ2n) is 3.35. The van der Waals surface area contributed by atoms with E-state index >= 15 is 0 Å². The van der Waals surface area contributed by atoms with Gasteiger partial charge in [-0.3, -0.25) is 4.99 Å². The lowest BCUT2D eigenvalue weighted by Gasteiger charge is -1.96. The van der Waals surface area contributed by atoms with Crippen LogP contribution in [0, 0.1) is 6.92 Å². The average molecular weight is 231 g/mol. The van der Waals surface area contributed by atoms with Crippen LogP contribution in [0.4, 0.5) is 0 Å². The lowest BCUT2D eigenvalue weighted by Crippen LogP contribution is -2.11. The Labute approximate surface area is 98.4 Å². The lowest BCUT2D eigenvalue weighted by atomic mass is 10.2. The first-order valence-corrected chi connectivity index (χ1v) is 5.88. The Kier molecular flexibility index (Phi) is 3.31. The molecule has 82 valence electrons. The van der Waals surface area contributed by atoms with Crippen molar-refractivity contribution in [2.45, 2.75) is 6.92 Å². The highest BCUT2D eigenvalue weighted by Crippen LogP contribution is 2.00. The van der Waals surface area contributed by atoms with Gasteiger partial charge in [0, 0.05) is 12.4 Å². The lowest BCUT2D eigenvalue weighted by molar-refractivity contribution is 0.805. The number of aromatic nitrogens is 1. The zero-order valence-corrected chi connectivity index (χ0v) is 10.1. The van der Waals surface area contributed by atoms with Crippen molar-refractivity contribution in [1.82, 2.24) is 4.68 Å². The van der Waals surface area contributed by atoms with Crippen molar-refractivity contribution in [3.63, 3.8) is 0 Å². The summed E-state index contributed by atoms with van der Waals surface area (Å²) in [5.41, 5.74) is 2.18. The van der Waals surface area contributed by atoms with E-state index < -0.39 is 0 Å². The van der Waals surface area contributed by atoms with Crippen LogP contribution in [0.1, 0.15) is 11.3 Å². The highest BCUT2D eigenvalue weighted by Gasteiger charge is 1.96. The molecule has 0 unspecified atom stereocenters. The van der Waals surface area contributed by atoms with Crippen molar-refractivity contribution in [3.8, 4) is 0 Å². The molecular weight excluding hydrogens is 218 g/mol. The number of rotatable bonds is 2. The highest BCUT2D eigenvalue weighted by molar-refractivity contribution is 7.07. The fraction of sp³-hybridized carbons (Fsp3) is 0.167. The first-order valence-electron chi connectivity index (χ1n) is 5.00. The molecule has 0 bridgehead atoms. The molecular formula is C12H13N3S. The standard InChI is InChI=1S/C12H13N3S/c1-10-9-16-12(13-2)15(10)14-8-11-6-4-3-5-7-11/h3-9H,1-2H3/b13-12?,14-8+. The smallest absolute Gasteiger partial charge is 0.205 e. The molecule has 1 aromatic heterocycles. The van der Waals surface area contributed by atoms with E-state index in [1.165, 1.54) is 0 Å². The van der Waals surface area contributed by atoms with Gasteiger partial charge in [0.15, 0.2) is 0 Å². The molecule has 16 heavy (non-hydrogen) atoms. The molecule has 2 aromatic rings. The summed E-state index contributed by atoms with van der Waals surface area (Å²) in [7, 11) is 1.78. The van der Waals surface area contributed by atoms with Gasteiger partial charge in [-0.2, -0.15) is 5.10 Å². The van der Waals surface area contributed by atoms with Gasteiger partial charge in [-0.25, -0.2) is 4.68 Å². The minimum Gasteiger partial charge on any atom is -0.261 e. The zero-order chi connectivity index (χ0) is 11.4. The monoisotopic (exact) mass is 231 g/mol. The number of hydrogen-bond acceptors (Lipinski definition) is 3. The summed E-state index contributed by atoms with van der Waals surface area (Å²) in [6.45, 7) is 2.02. The summed E-state index contributed by atoms with van der Waals surface area (Å²) < 4.78 is 1.84. The van der Waals surface area contributed by atoms with Crippen LogP contribution in [-0.2, 0) is 0 Å². The van der Waals surface area contributed by atoms with Gasteiger partial charge in [0.1, 0.15) is 0 Å². The van der Waals surface area contributed by atoms with Gasteiger partial charge in [-0.1, -0.05) is 30.3 Å². The van der Waals surface area contributed by atoms with Crippen LogP contribution in [0.2, 0.25) is 0 Å². The Balaban J connectivity index is 2.34. The van der Waals surface area contributed by atoms with Crippen LogP contribution in [0.15, 0.2) is 45.8 Å². The summed E-state index contributed by atoms with van der Waals surface area (Å²) in [6.07, 6.45) is 1.84. The fourth-order valence-corrected chi connectivity index (χ4v) is 2.11. The Bertz CT molecular complexity index is 549. The number of aryl methyl sites for hydroxylation is 1. The van der Waals surface area contributed by atoms with Gasteiger partial charge in [0.05, 0.1) is 11.9 Å². The molecule has 4 heteroatoms. The number of thiazole rings is 1. The predicted molar refractivity (Wildman–Crippen MR) is 68.0 cm³/mol. The number of nitrogens with zero attached hydrogens (tertiary/aromatic N) is 3. The Hall–Kier alpha value is -1.68. The second kappa shape index (κ2) is 4.90. The van der Waals surface area contributed by atoms with Crippen molar-refractivity contribution in [2.75, 3.05) is 7.05 Å². The maximum atomic E-state index is 4.42. The molecule has 0 spiro atoms. The van der Waals surface area contributed by atoms with E-state index in [0.717, 1.165) is 16.1 Å².